The van der Waals surface area contributed by atoms with Gasteiger partial charge in [-0.1, -0.05) is 0 Å². The molecule has 1 heterocycles. The van der Waals surface area contributed by atoms with Gasteiger partial charge in [0.25, 0.3) is 10.0 Å². The SMILES string of the molecule is CSCCC(NS(=O)(=O)c1cnc(C)s1)C(=O)O. The zero-order chi connectivity index (χ0) is 13.8. The molecule has 1 aromatic rings. The van der Waals surface area contributed by atoms with Gasteiger partial charge >= 0.3 is 5.97 Å². The Balaban J connectivity index is 2.82. The van der Waals surface area contributed by atoms with E-state index in [1.54, 1.807) is 6.92 Å². The summed E-state index contributed by atoms with van der Waals surface area (Å²) in [5.41, 5.74) is 0. The lowest BCUT2D eigenvalue weighted by atomic mass is 10.2. The monoisotopic (exact) mass is 310 g/mol. The molecule has 0 saturated carbocycles. The number of nitrogens with one attached hydrogen (secondary N) is 1. The first-order valence-corrected chi connectivity index (χ1v) is 8.72. The molecule has 0 radical (unpaired) electrons. The largest absolute Gasteiger partial charge is 0.480 e. The van der Waals surface area contributed by atoms with Crippen molar-refractivity contribution in [3.8, 4) is 0 Å². The highest BCUT2D eigenvalue weighted by Crippen LogP contribution is 2.18. The normalized spacial score (nSPS) is 13.4. The van der Waals surface area contributed by atoms with Gasteiger partial charge in [-0.05, 0) is 25.4 Å². The molecule has 0 saturated heterocycles. The third-order valence-corrected chi connectivity index (χ3v) is 5.56. The number of carboxylic acid groups (broad SMARTS) is 1. The number of hydrogen-bond acceptors (Lipinski definition) is 6. The Labute approximate surface area is 114 Å². The number of nitrogens with zero attached hydrogens (tertiary/aromatic N) is 1. The number of carboxylic acids is 1. The minimum absolute atomic E-state index is 0.0374. The molecule has 0 aliphatic carbocycles. The summed E-state index contributed by atoms with van der Waals surface area (Å²) in [7, 11) is -3.80. The van der Waals surface area contributed by atoms with Crippen molar-refractivity contribution in [3.63, 3.8) is 0 Å². The van der Waals surface area contributed by atoms with E-state index in [9.17, 15) is 13.2 Å². The summed E-state index contributed by atoms with van der Waals surface area (Å²) in [6, 6.07) is -1.11. The average molecular weight is 310 g/mol. The minimum Gasteiger partial charge on any atom is -0.480 e. The molecule has 1 aromatic heterocycles. The summed E-state index contributed by atoms with van der Waals surface area (Å²) >= 11 is 2.48. The van der Waals surface area contributed by atoms with Gasteiger partial charge in [0.2, 0.25) is 0 Å². The third kappa shape index (κ3) is 4.23. The molecule has 2 N–H and O–H groups in total. The predicted octanol–water partition coefficient (Wildman–Crippen LogP) is 0.936. The maximum atomic E-state index is 11.9. The van der Waals surface area contributed by atoms with E-state index in [1.165, 1.54) is 18.0 Å². The van der Waals surface area contributed by atoms with Crippen LogP contribution in [0.3, 0.4) is 0 Å². The third-order valence-electron chi connectivity index (χ3n) is 2.07. The highest BCUT2D eigenvalue weighted by atomic mass is 32.2. The van der Waals surface area contributed by atoms with Crippen LogP contribution in [0.25, 0.3) is 0 Å². The number of aromatic nitrogens is 1. The molecule has 18 heavy (non-hydrogen) atoms. The van der Waals surface area contributed by atoms with Gasteiger partial charge in [0.1, 0.15) is 6.04 Å². The van der Waals surface area contributed by atoms with E-state index in [2.05, 4.69) is 9.71 Å². The molecule has 6 nitrogen and oxygen atoms in total. The molecule has 1 unspecified atom stereocenters. The maximum absolute atomic E-state index is 11.9. The Morgan fingerprint density at radius 2 is 2.33 bits per heavy atom. The standard InChI is InChI=1S/C9H14N2O4S3/c1-6-10-5-8(17-6)18(14,15)11-7(9(12)13)3-4-16-2/h5,7,11H,3-4H2,1-2H3,(H,12,13). The molecule has 1 atom stereocenters. The van der Waals surface area contributed by atoms with Gasteiger partial charge in [0, 0.05) is 0 Å². The Morgan fingerprint density at radius 3 is 2.78 bits per heavy atom. The Hall–Kier alpha value is -0.640. The average Bonchev–Trinajstić information content (AvgIpc) is 2.71. The fraction of sp³-hybridized carbons (Fsp3) is 0.556. The number of aryl methyl sites for hydroxylation is 1. The van der Waals surface area contributed by atoms with E-state index < -0.39 is 22.0 Å². The maximum Gasteiger partial charge on any atom is 0.321 e. The van der Waals surface area contributed by atoms with Crippen LogP contribution in [-0.4, -0.2) is 42.5 Å². The second kappa shape index (κ2) is 6.50. The van der Waals surface area contributed by atoms with Crippen molar-refractivity contribution in [2.75, 3.05) is 12.0 Å². The summed E-state index contributed by atoms with van der Waals surface area (Å²) < 4.78 is 26.0. The van der Waals surface area contributed by atoms with Gasteiger partial charge in [0.15, 0.2) is 4.21 Å². The number of carbonyl (C=O) groups is 1. The Bertz CT molecular complexity index is 512. The molecular weight excluding hydrogens is 296 g/mol. The quantitative estimate of drug-likeness (QED) is 0.778. The number of thioether (sulfide) groups is 1. The van der Waals surface area contributed by atoms with Crippen LogP contribution in [0.15, 0.2) is 10.4 Å². The van der Waals surface area contributed by atoms with Crippen LogP contribution in [0.4, 0.5) is 0 Å². The second-order valence-corrected chi connectivity index (χ2v) is 7.65. The van der Waals surface area contributed by atoms with Crippen molar-refractivity contribution in [1.29, 1.82) is 0 Å². The van der Waals surface area contributed by atoms with Crippen LogP contribution in [0.1, 0.15) is 11.4 Å². The summed E-state index contributed by atoms with van der Waals surface area (Å²) in [5, 5.41) is 9.58. The summed E-state index contributed by atoms with van der Waals surface area (Å²) in [4.78, 5) is 14.8. The van der Waals surface area contributed by atoms with Crippen LogP contribution < -0.4 is 4.72 Å². The lowest BCUT2D eigenvalue weighted by Gasteiger charge is -2.12. The number of rotatable bonds is 7. The molecule has 0 spiro atoms. The zero-order valence-corrected chi connectivity index (χ0v) is 12.4. The summed E-state index contributed by atoms with van der Waals surface area (Å²) in [6.07, 6.45) is 3.31. The van der Waals surface area contributed by atoms with Crippen LogP contribution >= 0.6 is 23.1 Å². The van der Waals surface area contributed by atoms with Gasteiger partial charge in [0.05, 0.1) is 11.2 Å². The van der Waals surface area contributed by atoms with Crippen molar-refractivity contribution in [2.24, 2.45) is 0 Å². The van der Waals surface area contributed by atoms with Crippen LogP contribution in [0, 0.1) is 6.92 Å². The highest BCUT2D eigenvalue weighted by Gasteiger charge is 2.26. The minimum atomic E-state index is -3.80. The first-order valence-electron chi connectivity index (χ1n) is 5.03. The van der Waals surface area contributed by atoms with Gasteiger partial charge < -0.3 is 5.11 Å². The predicted molar refractivity (Wildman–Crippen MR) is 71.6 cm³/mol. The van der Waals surface area contributed by atoms with Crippen molar-refractivity contribution in [3.05, 3.63) is 11.2 Å². The lowest BCUT2D eigenvalue weighted by molar-refractivity contribution is -0.139. The number of sulfonamides is 1. The van der Waals surface area contributed by atoms with Gasteiger partial charge in [-0.2, -0.15) is 16.5 Å². The van der Waals surface area contributed by atoms with Gasteiger partial charge in [-0.15, -0.1) is 11.3 Å². The number of hydrogen-bond donors (Lipinski definition) is 2. The molecular formula is C9H14N2O4S3. The molecule has 9 heteroatoms. The van der Waals surface area contributed by atoms with Crippen LogP contribution in [0.2, 0.25) is 0 Å². The summed E-state index contributed by atoms with van der Waals surface area (Å²) in [5.74, 6) is -0.602. The molecule has 0 aliphatic heterocycles. The number of thiazole rings is 1. The van der Waals surface area contributed by atoms with E-state index in [0.29, 0.717) is 10.8 Å². The van der Waals surface area contributed by atoms with Crippen molar-refractivity contribution in [2.45, 2.75) is 23.6 Å². The Kier molecular flexibility index (Phi) is 5.57. The summed E-state index contributed by atoms with van der Waals surface area (Å²) in [6.45, 7) is 1.69. The fourth-order valence-corrected chi connectivity index (χ4v) is 4.00. The van der Waals surface area contributed by atoms with Gasteiger partial charge in [-0.3, -0.25) is 4.79 Å². The number of aliphatic carboxylic acids is 1. The second-order valence-electron chi connectivity index (χ2n) is 3.49. The molecule has 0 amide bonds. The molecule has 102 valence electrons. The van der Waals surface area contributed by atoms with E-state index in [4.69, 9.17) is 5.11 Å². The van der Waals surface area contributed by atoms with E-state index in [-0.39, 0.29) is 10.6 Å². The first kappa shape index (κ1) is 15.4. The molecule has 0 bridgehead atoms. The van der Waals surface area contributed by atoms with Crippen LogP contribution in [-0.2, 0) is 14.8 Å². The first-order chi connectivity index (χ1) is 8.36. The molecule has 0 aromatic carbocycles. The Morgan fingerprint density at radius 1 is 1.67 bits per heavy atom. The molecule has 0 aliphatic rings. The van der Waals surface area contributed by atoms with Crippen molar-refractivity contribution in [1.82, 2.24) is 9.71 Å². The lowest BCUT2D eigenvalue weighted by Crippen LogP contribution is -2.40. The van der Waals surface area contributed by atoms with Crippen molar-refractivity contribution < 1.29 is 18.3 Å². The highest BCUT2D eigenvalue weighted by molar-refractivity contribution is 7.98. The van der Waals surface area contributed by atoms with E-state index >= 15 is 0 Å². The topological polar surface area (TPSA) is 96.4 Å². The van der Waals surface area contributed by atoms with E-state index in [0.717, 1.165) is 11.3 Å². The van der Waals surface area contributed by atoms with Crippen molar-refractivity contribution >= 4 is 39.1 Å². The van der Waals surface area contributed by atoms with Crippen LogP contribution in [0.5, 0.6) is 0 Å². The fourth-order valence-electron chi connectivity index (χ4n) is 1.18. The molecule has 1 rings (SSSR count). The van der Waals surface area contributed by atoms with Gasteiger partial charge in [-0.25, -0.2) is 13.4 Å². The van der Waals surface area contributed by atoms with E-state index in [1.807, 2.05) is 6.26 Å². The zero-order valence-electron chi connectivity index (χ0n) is 9.91. The molecule has 0 fully saturated rings. The smallest absolute Gasteiger partial charge is 0.321 e.